The zero-order valence-corrected chi connectivity index (χ0v) is 14.5. The summed E-state index contributed by atoms with van der Waals surface area (Å²) < 4.78 is 5.79. The number of rotatable bonds is 6. The maximum atomic E-state index is 12.4. The van der Waals surface area contributed by atoms with E-state index < -0.39 is 0 Å². The van der Waals surface area contributed by atoms with E-state index in [1.807, 2.05) is 30.3 Å². The van der Waals surface area contributed by atoms with Crippen LogP contribution < -0.4 is 10.1 Å². The molecule has 0 unspecified atom stereocenters. The predicted molar refractivity (Wildman–Crippen MR) is 95.4 cm³/mol. The molecule has 0 atom stereocenters. The van der Waals surface area contributed by atoms with E-state index >= 15 is 0 Å². The number of hydrogen-bond donors (Lipinski definition) is 1. The smallest absolute Gasteiger partial charge is 0.262 e. The average Bonchev–Trinajstić information content (AvgIpc) is 2.59. The number of carbonyl (C=O) groups excluding carboxylic acids is 1. The minimum atomic E-state index is -0.289. The molecule has 0 spiro atoms. The van der Waals surface area contributed by atoms with Gasteiger partial charge in [0.05, 0.1) is 6.61 Å². The fourth-order valence-corrected chi connectivity index (χ4v) is 2.80. The van der Waals surface area contributed by atoms with Gasteiger partial charge in [-0.15, -0.1) is 0 Å². The third kappa shape index (κ3) is 5.42. The Morgan fingerprint density at radius 2 is 2.04 bits per heavy atom. The maximum absolute atomic E-state index is 12.4. The number of nitriles is 1. The van der Waals surface area contributed by atoms with Crippen LogP contribution in [0.15, 0.2) is 29.8 Å². The van der Waals surface area contributed by atoms with Crippen molar-refractivity contribution in [2.45, 2.75) is 52.0 Å². The van der Waals surface area contributed by atoms with Crippen LogP contribution in [0.1, 0.15) is 51.5 Å². The van der Waals surface area contributed by atoms with Gasteiger partial charge in [-0.05, 0) is 30.9 Å². The van der Waals surface area contributed by atoms with Gasteiger partial charge in [-0.1, -0.05) is 51.3 Å². The molecule has 0 saturated heterocycles. The summed E-state index contributed by atoms with van der Waals surface area (Å²) in [5, 5.41) is 12.4. The van der Waals surface area contributed by atoms with Gasteiger partial charge in [-0.2, -0.15) is 5.26 Å². The number of ether oxygens (including phenoxy) is 1. The van der Waals surface area contributed by atoms with Crippen LogP contribution in [-0.2, 0) is 4.79 Å². The third-order valence-corrected chi connectivity index (χ3v) is 4.10. The Morgan fingerprint density at radius 3 is 2.71 bits per heavy atom. The van der Waals surface area contributed by atoms with E-state index in [1.165, 1.54) is 6.42 Å². The van der Waals surface area contributed by atoms with E-state index in [1.54, 1.807) is 6.08 Å². The number of hydrogen-bond acceptors (Lipinski definition) is 3. The molecule has 1 saturated carbocycles. The Labute approximate surface area is 144 Å². The quantitative estimate of drug-likeness (QED) is 0.633. The van der Waals surface area contributed by atoms with E-state index in [9.17, 15) is 10.1 Å². The predicted octanol–water partition coefficient (Wildman–Crippen LogP) is 4.08. The molecule has 1 aliphatic rings. The molecule has 4 heteroatoms. The van der Waals surface area contributed by atoms with Gasteiger partial charge in [0.15, 0.2) is 0 Å². The summed E-state index contributed by atoms with van der Waals surface area (Å²) in [6, 6.07) is 9.71. The van der Waals surface area contributed by atoms with E-state index in [4.69, 9.17) is 4.74 Å². The lowest BCUT2D eigenvalue weighted by Crippen LogP contribution is -2.36. The first-order valence-electron chi connectivity index (χ1n) is 8.74. The lowest BCUT2D eigenvalue weighted by Gasteiger charge is -2.22. The minimum Gasteiger partial charge on any atom is -0.493 e. The summed E-state index contributed by atoms with van der Waals surface area (Å²) in [6.45, 7) is 4.76. The summed E-state index contributed by atoms with van der Waals surface area (Å²) in [5.74, 6) is 0.819. The molecule has 128 valence electrons. The third-order valence-electron chi connectivity index (χ3n) is 4.10. The molecule has 1 aromatic carbocycles. The van der Waals surface area contributed by atoms with Crippen LogP contribution >= 0.6 is 0 Å². The molecule has 1 aliphatic carbocycles. The van der Waals surface area contributed by atoms with Crippen LogP contribution in [0.5, 0.6) is 5.75 Å². The molecule has 0 bridgehead atoms. The molecule has 0 radical (unpaired) electrons. The van der Waals surface area contributed by atoms with Crippen molar-refractivity contribution >= 4 is 12.0 Å². The number of nitrogens with zero attached hydrogens (tertiary/aromatic N) is 1. The van der Waals surface area contributed by atoms with Gasteiger partial charge >= 0.3 is 0 Å². The molecule has 0 aliphatic heterocycles. The lowest BCUT2D eigenvalue weighted by atomic mass is 9.95. The molecule has 4 nitrogen and oxygen atoms in total. The maximum Gasteiger partial charge on any atom is 0.262 e. The first-order chi connectivity index (χ1) is 11.6. The number of amides is 1. The molecule has 24 heavy (non-hydrogen) atoms. The number of nitrogens with one attached hydrogen (secondary N) is 1. The fraction of sp³-hybridized carbons (Fsp3) is 0.500. The highest BCUT2D eigenvalue weighted by atomic mass is 16.5. The van der Waals surface area contributed by atoms with Crippen LogP contribution in [0.25, 0.3) is 6.08 Å². The Balaban J connectivity index is 2.11. The second-order valence-corrected chi connectivity index (χ2v) is 6.72. The molecular formula is C20H26N2O2. The van der Waals surface area contributed by atoms with Crippen molar-refractivity contribution in [3.8, 4) is 11.8 Å². The van der Waals surface area contributed by atoms with Crippen LogP contribution in [0, 0.1) is 17.2 Å². The zero-order chi connectivity index (χ0) is 17.4. The van der Waals surface area contributed by atoms with Crippen molar-refractivity contribution in [3.63, 3.8) is 0 Å². The van der Waals surface area contributed by atoms with Crippen LogP contribution in [0.2, 0.25) is 0 Å². The second-order valence-electron chi connectivity index (χ2n) is 6.72. The topological polar surface area (TPSA) is 62.1 Å². The summed E-state index contributed by atoms with van der Waals surface area (Å²) >= 11 is 0. The minimum absolute atomic E-state index is 0.126. The number of carbonyl (C=O) groups is 1. The molecule has 0 aromatic heterocycles. The molecule has 0 heterocycles. The largest absolute Gasteiger partial charge is 0.493 e. The van der Waals surface area contributed by atoms with Crippen LogP contribution in [0.3, 0.4) is 0 Å². The molecule has 1 fully saturated rings. The molecule has 1 N–H and O–H groups in total. The Hall–Kier alpha value is -2.28. The van der Waals surface area contributed by atoms with Crippen molar-refractivity contribution in [3.05, 3.63) is 35.4 Å². The van der Waals surface area contributed by atoms with Gasteiger partial charge in [0.2, 0.25) is 0 Å². The first kappa shape index (κ1) is 18.1. The van der Waals surface area contributed by atoms with Crippen molar-refractivity contribution in [2.24, 2.45) is 5.92 Å². The van der Waals surface area contributed by atoms with Crippen molar-refractivity contribution in [1.29, 1.82) is 5.26 Å². The number of para-hydroxylation sites is 1. The molecule has 2 rings (SSSR count). The van der Waals surface area contributed by atoms with Gasteiger partial charge in [0.1, 0.15) is 17.4 Å². The van der Waals surface area contributed by atoms with Gasteiger partial charge in [-0.25, -0.2) is 0 Å². The SMILES string of the molecule is CC(C)COc1ccccc1/C=C(\C#N)C(=O)NC1CCCCC1. The molecule has 1 aromatic rings. The van der Waals surface area contributed by atoms with E-state index in [2.05, 4.69) is 19.2 Å². The van der Waals surface area contributed by atoms with Crippen LogP contribution in [0.4, 0.5) is 0 Å². The fourth-order valence-electron chi connectivity index (χ4n) is 2.80. The van der Waals surface area contributed by atoms with Gasteiger partial charge in [0.25, 0.3) is 5.91 Å². The van der Waals surface area contributed by atoms with Crippen molar-refractivity contribution in [1.82, 2.24) is 5.32 Å². The average molecular weight is 326 g/mol. The Kier molecular flexibility index (Phi) is 6.87. The summed E-state index contributed by atoms with van der Waals surface area (Å²) in [6.07, 6.45) is 7.13. The molecule has 1 amide bonds. The van der Waals surface area contributed by atoms with Crippen LogP contribution in [-0.4, -0.2) is 18.6 Å². The normalized spacial score (nSPS) is 15.8. The zero-order valence-electron chi connectivity index (χ0n) is 14.5. The van der Waals surface area contributed by atoms with Gasteiger partial charge in [-0.3, -0.25) is 4.79 Å². The van der Waals surface area contributed by atoms with Crippen molar-refractivity contribution < 1.29 is 9.53 Å². The summed E-state index contributed by atoms with van der Waals surface area (Å²) in [5.41, 5.74) is 0.884. The van der Waals surface area contributed by atoms with Crippen molar-refractivity contribution in [2.75, 3.05) is 6.61 Å². The Bertz CT molecular complexity index is 623. The molecular weight excluding hydrogens is 300 g/mol. The van der Waals surface area contributed by atoms with E-state index in [0.717, 1.165) is 31.2 Å². The highest BCUT2D eigenvalue weighted by Gasteiger charge is 2.18. The summed E-state index contributed by atoms with van der Waals surface area (Å²) in [4.78, 5) is 12.4. The standard InChI is InChI=1S/C20H26N2O2/c1-15(2)14-24-19-11-7-6-8-16(19)12-17(13-21)20(23)22-18-9-4-3-5-10-18/h6-8,11-12,15,18H,3-5,9-10,14H2,1-2H3,(H,22,23)/b17-12+. The highest BCUT2D eigenvalue weighted by molar-refractivity contribution is 6.02. The first-order valence-corrected chi connectivity index (χ1v) is 8.74. The highest BCUT2D eigenvalue weighted by Crippen LogP contribution is 2.22. The van der Waals surface area contributed by atoms with E-state index in [0.29, 0.717) is 18.3 Å². The van der Waals surface area contributed by atoms with E-state index in [-0.39, 0.29) is 17.5 Å². The second kappa shape index (κ2) is 9.12. The number of benzene rings is 1. The van der Waals surface area contributed by atoms with Gasteiger partial charge in [0, 0.05) is 11.6 Å². The Morgan fingerprint density at radius 1 is 1.33 bits per heavy atom. The monoisotopic (exact) mass is 326 g/mol. The van der Waals surface area contributed by atoms with Gasteiger partial charge < -0.3 is 10.1 Å². The summed E-state index contributed by atoms with van der Waals surface area (Å²) in [7, 11) is 0. The lowest BCUT2D eigenvalue weighted by molar-refractivity contribution is -0.117.